The van der Waals surface area contributed by atoms with Gasteiger partial charge in [-0.15, -0.1) is 0 Å². The number of hydrogen-bond acceptors (Lipinski definition) is 3. The molecule has 1 fully saturated rings. The molecule has 6 nitrogen and oxygen atoms in total. The lowest BCUT2D eigenvalue weighted by Crippen LogP contribution is -2.29. The van der Waals surface area contributed by atoms with Crippen molar-refractivity contribution in [3.05, 3.63) is 107 Å². The number of hydrogen-bond donors (Lipinski definition) is 2. The minimum absolute atomic E-state index is 0.00304. The maximum Gasteiger partial charge on any atom is 0.224 e. The number of aryl methyl sites for hydroxylation is 3. The molecule has 2 N–H and O–H groups in total. The second-order valence-corrected chi connectivity index (χ2v) is 10.5. The van der Waals surface area contributed by atoms with Gasteiger partial charge in [0, 0.05) is 41.1 Å². The first kappa shape index (κ1) is 26.6. The Balaban J connectivity index is 1.62. The number of nitrogens with zero attached hydrogens (tertiary/aromatic N) is 3. The average molecular weight is 538 g/mol. The number of thiocarbonyl (C=S) groups is 1. The maximum atomic E-state index is 12.0. The van der Waals surface area contributed by atoms with Gasteiger partial charge in [-0.3, -0.25) is 9.78 Å². The van der Waals surface area contributed by atoms with Crippen LogP contribution in [-0.2, 0) is 11.2 Å². The van der Waals surface area contributed by atoms with E-state index in [1.807, 2.05) is 50.4 Å². The van der Waals surface area contributed by atoms with E-state index in [0.717, 1.165) is 40.4 Å². The van der Waals surface area contributed by atoms with Crippen LogP contribution in [0.2, 0.25) is 0 Å². The lowest BCUT2D eigenvalue weighted by atomic mass is 9.96. The van der Waals surface area contributed by atoms with Gasteiger partial charge >= 0.3 is 0 Å². The zero-order chi connectivity index (χ0) is 27.7. The zero-order valence-corrected chi connectivity index (χ0v) is 24.0. The summed E-state index contributed by atoms with van der Waals surface area (Å²) >= 11 is 5.96. The van der Waals surface area contributed by atoms with Crippen LogP contribution in [0.15, 0.2) is 72.9 Å². The highest BCUT2D eigenvalue weighted by atomic mass is 32.1. The molecule has 0 aliphatic carbocycles. The van der Waals surface area contributed by atoms with Crippen molar-refractivity contribution in [2.45, 2.75) is 59.5 Å². The molecule has 3 heterocycles. The van der Waals surface area contributed by atoms with E-state index < -0.39 is 0 Å². The van der Waals surface area contributed by atoms with Crippen LogP contribution in [-0.4, -0.2) is 20.6 Å². The van der Waals surface area contributed by atoms with E-state index in [9.17, 15) is 4.79 Å². The molecule has 1 saturated heterocycles. The van der Waals surface area contributed by atoms with Crippen LogP contribution in [0, 0.1) is 20.8 Å². The fraction of sp³-hybridized carbons (Fsp3) is 0.281. The van der Waals surface area contributed by atoms with E-state index >= 15 is 0 Å². The molecule has 2 atom stereocenters. The second-order valence-electron chi connectivity index (χ2n) is 10.1. The Labute approximate surface area is 236 Å². The summed E-state index contributed by atoms with van der Waals surface area (Å²) in [6.07, 6.45) is 3.28. The molecule has 39 heavy (non-hydrogen) atoms. The molecule has 1 aliphatic heterocycles. The molecule has 0 bridgehead atoms. The van der Waals surface area contributed by atoms with Gasteiger partial charge in [-0.2, -0.15) is 0 Å². The van der Waals surface area contributed by atoms with Gasteiger partial charge in [0.05, 0.1) is 17.8 Å². The molecule has 7 heteroatoms. The molecule has 1 amide bonds. The van der Waals surface area contributed by atoms with Gasteiger partial charge in [0.1, 0.15) is 0 Å². The number of nitrogens with one attached hydrogen (secondary N) is 2. The van der Waals surface area contributed by atoms with Crippen molar-refractivity contribution < 1.29 is 4.79 Å². The number of benzene rings is 2. The van der Waals surface area contributed by atoms with Crippen molar-refractivity contribution in [3.8, 4) is 5.69 Å². The van der Waals surface area contributed by atoms with Gasteiger partial charge in [-0.25, -0.2) is 0 Å². The molecule has 0 spiro atoms. The Morgan fingerprint density at radius 1 is 1.00 bits per heavy atom. The first-order valence-corrected chi connectivity index (χ1v) is 13.9. The van der Waals surface area contributed by atoms with Gasteiger partial charge < -0.3 is 20.1 Å². The summed E-state index contributed by atoms with van der Waals surface area (Å²) in [6.45, 7) is 10.4. The average Bonchev–Trinajstić information content (AvgIpc) is 3.44. The van der Waals surface area contributed by atoms with Gasteiger partial charge in [-0.05, 0) is 105 Å². The van der Waals surface area contributed by atoms with Crippen LogP contribution < -0.4 is 15.5 Å². The summed E-state index contributed by atoms with van der Waals surface area (Å²) in [5.41, 5.74) is 9.70. The molecule has 0 saturated carbocycles. The van der Waals surface area contributed by atoms with Crippen molar-refractivity contribution in [3.63, 3.8) is 0 Å². The molecule has 5 rings (SSSR count). The van der Waals surface area contributed by atoms with Gasteiger partial charge in [0.25, 0.3) is 0 Å². The molecule has 2 aromatic heterocycles. The Kier molecular flexibility index (Phi) is 7.53. The molecule has 1 aliphatic rings. The lowest BCUT2D eigenvalue weighted by Gasteiger charge is -2.29. The van der Waals surface area contributed by atoms with E-state index in [1.54, 1.807) is 0 Å². The van der Waals surface area contributed by atoms with Crippen LogP contribution >= 0.6 is 12.2 Å². The summed E-state index contributed by atoms with van der Waals surface area (Å²) < 4.78 is 2.32. The number of anilines is 2. The molecular weight excluding hydrogens is 502 g/mol. The fourth-order valence-corrected chi connectivity index (χ4v) is 5.84. The van der Waals surface area contributed by atoms with Crippen molar-refractivity contribution in [2.75, 3.05) is 10.2 Å². The highest BCUT2D eigenvalue weighted by Gasteiger charge is 2.42. The largest absolute Gasteiger partial charge is 0.351 e. The normalized spacial score (nSPS) is 16.8. The van der Waals surface area contributed by atoms with Crippen molar-refractivity contribution in [1.29, 1.82) is 0 Å². The van der Waals surface area contributed by atoms with Crippen LogP contribution in [0.25, 0.3) is 5.69 Å². The number of amides is 1. The van der Waals surface area contributed by atoms with E-state index in [0.29, 0.717) is 11.5 Å². The monoisotopic (exact) mass is 537 g/mol. The third-order valence-corrected chi connectivity index (χ3v) is 7.89. The Morgan fingerprint density at radius 2 is 1.74 bits per heavy atom. The first-order chi connectivity index (χ1) is 18.8. The topological polar surface area (TPSA) is 62.2 Å². The minimum Gasteiger partial charge on any atom is -0.351 e. The summed E-state index contributed by atoms with van der Waals surface area (Å²) in [5.74, 6) is -0.00304. The second kappa shape index (κ2) is 11.0. The molecule has 0 unspecified atom stereocenters. The third kappa shape index (κ3) is 5.06. The van der Waals surface area contributed by atoms with E-state index in [2.05, 4.69) is 77.3 Å². The zero-order valence-electron chi connectivity index (χ0n) is 23.2. The van der Waals surface area contributed by atoms with Crippen molar-refractivity contribution >= 4 is 34.6 Å². The number of carbonyl (C=O) groups excluding carboxylic acids is 1. The van der Waals surface area contributed by atoms with Crippen LogP contribution in [0.4, 0.5) is 11.4 Å². The maximum absolute atomic E-state index is 12.0. The third-order valence-electron chi connectivity index (χ3n) is 7.57. The van der Waals surface area contributed by atoms with Crippen molar-refractivity contribution in [2.24, 2.45) is 0 Å². The minimum atomic E-state index is -0.130. The summed E-state index contributed by atoms with van der Waals surface area (Å²) in [7, 11) is 0. The number of aromatic nitrogens is 2. The van der Waals surface area contributed by atoms with E-state index in [4.69, 9.17) is 17.2 Å². The molecule has 0 radical (unpaired) electrons. The summed E-state index contributed by atoms with van der Waals surface area (Å²) in [5, 5.41) is 7.21. The van der Waals surface area contributed by atoms with E-state index in [1.165, 1.54) is 16.8 Å². The highest BCUT2D eigenvalue weighted by molar-refractivity contribution is 7.80. The molecular formula is C32H35N5OS. The summed E-state index contributed by atoms with van der Waals surface area (Å²) in [6, 6.07) is 22.9. The number of rotatable bonds is 7. The quantitative estimate of drug-likeness (QED) is 0.252. The Bertz CT molecular complexity index is 1510. The number of carbonyl (C=O) groups is 1. The number of pyridine rings is 1. The van der Waals surface area contributed by atoms with Crippen LogP contribution in [0.5, 0.6) is 0 Å². The predicted molar refractivity (Wildman–Crippen MR) is 163 cm³/mol. The summed E-state index contributed by atoms with van der Waals surface area (Å²) in [4.78, 5) is 18.9. The lowest BCUT2D eigenvalue weighted by molar-refractivity contribution is -0.115. The smallest absolute Gasteiger partial charge is 0.224 e. The molecule has 4 aromatic rings. The van der Waals surface area contributed by atoms with E-state index in [-0.39, 0.29) is 18.0 Å². The first-order valence-electron chi connectivity index (χ1n) is 13.5. The Morgan fingerprint density at radius 3 is 2.38 bits per heavy atom. The highest BCUT2D eigenvalue weighted by Crippen LogP contribution is 2.44. The van der Waals surface area contributed by atoms with Crippen LogP contribution in [0.1, 0.15) is 66.1 Å². The molecule has 2 aromatic carbocycles. The van der Waals surface area contributed by atoms with Gasteiger partial charge in [0.15, 0.2) is 5.11 Å². The molecule has 200 valence electrons. The van der Waals surface area contributed by atoms with Crippen LogP contribution in [0.3, 0.4) is 0 Å². The standard InChI is InChI=1S/C32H35N5OS/c1-6-23-11-13-24(14-12-23)36-21(4)19-26(22(36)5)31-30(28-10-8-9-17-33-28)35-32(39)37(31)25-15-16-27(20(3)18-25)34-29(38)7-2/h8-19,30-31H,6-7H2,1-5H3,(H,34,38)(H,35,39)/t30-,31+/m1/s1. The predicted octanol–water partition coefficient (Wildman–Crippen LogP) is 6.89. The Hall–Kier alpha value is -3.97. The van der Waals surface area contributed by atoms with Gasteiger partial charge in [0.2, 0.25) is 5.91 Å². The van der Waals surface area contributed by atoms with Gasteiger partial charge in [-0.1, -0.05) is 32.0 Å². The van der Waals surface area contributed by atoms with Crippen molar-refractivity contribution in [1.82, 2.24) is 14.9 Å². The fourth-order valence-electron chi connectivity index (χ4n) is 5.49. The SMILES string of the molecule is CCC(=O)Nc1ccc(N2C(=S)N[C@H](c3ccccn3)[C@@H]2c2cc(C)n(-c3ccc(CC)cc3)c2C)cc1C.